The van der Waals surface area contributed by atoms with Gasteiger partial charge in [0.2, 0.25) is 11.1 Å². The van der Waals surface area contributed by atoms with E-state index in [0.717, 1.165) is 0 Å². The third-order valence-corrected chi connectivity index (χ3v) is 1.98. The summed E-state index contributed by atoms with van der Waals surface area (Å²) in [7, 11) is 0. The molecule has 3 aromatic heterocycles. The van der Waals surface area contributed by atoms with Gasteiger partial charge in [-0.25, -0.2) is 5.10 Å². The van der Waals surface area contributed by atoms with Crippen LogP contribution in [0.4, 0.5) is 0 Å². The second kappa shape index (κ2) is 2.38. The van der Waals surface area contributed by atoms with Crippen LogP contribution in [0.25, 0.3) is 22.2 Å². The van der Waals surface area contributed by atoms with Crippen molar-refractivity contribution in [2.24, 2.45) is 0 Å². The van der Waals surface area contributed by atoms with E-state index in [1.165, 1.54) is 12.4 Å². The Kier molecular flexibility index (Phi) is 1.22. The highest BCUT2D eigenvalue weighted by atomic mass is 16.3. The highest BCUT2D eigenvalue weighted by molar-refractivity contribution is 5.85. The topological polar surface area (TPSA) is 84.7 Å². The number of aromatic amines is 1. The maximum absolute atomic E-state index is 11.8. The molecule has 0 saturated carbocycles. The smallest absolute Gasteiger partial charge is 0.251 e. The molecule has 0 fully saturated rings. The fourth-order valence-corrected chi connectivity index (χ4v) is 1.32. The monoisotopic (exact) mass is 188 g/mol. The number of H-pyrrole nitrogens is 1. The van der Waals surface area contributed by atoms with E-state index >= 15 is 0 Å². The fraction of sp³-hybridized carbons (Fsp3) is 0. The number of nitrogens with one attached hydrogen (secondary N) is 1. The average Bonchev–Trinajstić information content (AvgIpc) is 2.66. The Morgan fingerprint density at radius 3 is 3.21 bits per heavy atom. The zero-order valence-corrected chi connectivity index (χ0v) is 6.89. The molecule has 0 aliphatic rings. The summed E-state index contributed by atoms with van der Waals surface area (Å²) in [4.78, 5) is 11.8. The van der Waals surface area contributed by atoms with E-state index < -0.39 is 0 Å². The van der Waals surface area contributed by atoms with E-state index in [0.29, 0.717) is 16.5 Å². The van der Waals surface area contributed by atoms with Crippen LogP contribution in [0.3, 0.4) is 0 Å². The van der Waals surface area contributed by atoms with Crippen molar-refractivity contribution in [1.29, 1.82) is 0 Å². The highest BCUT2D eigenvalue weighted by Crippen LogP contribution is 2.12. The van der Waals surface area contributed by atoms with Crippen LogP contribution in [-0.4, -0.2) is 20.4 Å². The number of hydrogen-bond donors (Lipinski definition) is 1. The van der Waals surface area contributed by atoms with Crippen molar-refractivity contribution >= 4 is 22.2 Å². The van der Waals surface area contributed by atoms with Crippen LogP contribution in [0, 0.1) is 0 Å². The molecular weight excluding hydrogens is 184 g/mol. The van der Waals surface area contributed by atoms with Crippen LogP contribution in [0.2, 0.25) is 0 Å². The molecule has 0 aromatic carbocycles. The van der Waals surface area contributed by atoms with Gasteiger partial charge in [-0.2, -0.15) is 10.2 Å². The second-order valence-corrected chi connectivity index (χ2v) is 2.79. The highest BCUT2D eigenvalue weighted by Gasteiger charge is 2.08. The zero-order chi connectivity index (χ0) is 9.54. The summed E-state index contributed by atoms with van der Waals surface area (Å²) in [6.45, 7) is 0. The maximum atomic E-state index is 11.8. The van der Waals surface area contributed by atoms with E-state index in [2.05, 4.69) is 20.4 Å². The molecule has 3 heterocycles. The molecule has 0 aliphatic heterocycles. The molecule has 0 saturated heterocycles. The lowest BCUT2D eigenvalue weighted by atomic mass is 10.3. The van der Waals surface area contributed by atoms with Gasteiger partial charge in [-0.15, -0.1) is 5.10 Å². The average molecular weight is 188 g/mol. The van der Waals surface area contributed by atoms with Crippen molar-refractivity contribution in [2.75, 3.05) is 0 Å². The molecule has 3 rings (SSSR count). The lowest BCUT2D eigenvalue weighted by Gasteiger charge is -1.92. The quantitative estimate of drug-likeness (QED) is 0.553. The first kappa shape index (κ1) is 7.19. The Hall–Kier alpha value is -2.24. The predicted molar refractivity (Wildman–Crippen MR) is 47.7 cm³/mol. The second-order valence-electron chi connectivity index (χ2n) is 2.79. The maximum Gasteiger partial charge on any atom is 0.251 e. The van der Waals surface area contributed by atoms with Crippen LogP contribution in [-0.2, 0) is 0 Å². The molecule has 0 amide bonds. The largest absolute Gasteiger partial charge is 0.418 e. The number of nitrogens with zero attached hydrogens (tertiary/aromatic N) is 3. The standard InChI is InChI=1S/C8H4N4O2/c13-6-4-1-2-9-11-7(4)14-8-5(6)3-10-12-8/h1-3H,(H,10,12). The number of aromatic nitrogens is 4. The van der Waals surface area contributed by atoms with E-state index in [1.807, 2.05) is 0 Å². The summed E-state index contributed by atoms with van der Waals surface area (Å²) in [6, 6.07) is 1.57. The van der Waals surface area contributed by atoms with Crippen molar-refractivity contribution in [3.63, 3.8) is 0 Å². The van der Waals surface area contributed by atoms with Gasteiger partial charge in [0.1, 0.15) is 5.39 Å². The lowest BCUT2D eigenvalue weighted by molar-refractivity contribution is 0.620. The van der Waals surface area contributed by atoms with E-state index in [1.54, 1.807) is 6.07 Å². The molecule has 0 aliphatic carbocycles. The van der Waals surface area contributed by atoms with Crippen LogP contribution < -0.4 is 5.43 Å². The van der Waals surface area contributed by atoms with Crippen molar-refractivity contribution in [1.82, 2.24) is 20.4 Å². The molecule has 1 N–H and O–H groups in total. The minimum absolute atomic E-state index is 0.148. The van der Waals surface area contributed by atoms with Crippen molar-refractivity contribution in [2.45, 2.75) is 0 Å². The first-order valence-electron chi connectivity index (χ1n) is 3.94. The van der Waals surface area contributed by atoms with Crippen molar-refractivity contribution in [3.8, 4) is 0 Å². The minimum Gasteiger partial charge on any atom is -0.418 e. The summed E-state index contributed by atoms with van der Waals surface area (Å²) >= 11 is 0. The van der Waals surface area contributed by atoms with Gasteiger partial charge in [-0.1, -0.05) is 0 Å². The first-order valence-corrected chi connectivity index (χ1v) is 3.94. The third-order valence-electron chi connectivity index (χ3n) is 1.98. The summed E-state index contributed by atoms with van der Waals surface area (Å²) in [6.07, 6.45) is 2.88. The molecule has 0 spiro atoms. The van der Waals surface area contributed by atoms with E-state index in [-0.39, 0.29) is 11.1 Å². The number of rotatable bonds is 0. The van der Waals surface area contributed by atoms with Crippen LogP contribution >= 0.6 is 0 Å². The predicted octanol–water partition coefficient (Wildman–Crippen LogP) is 0.459. The molecule has 0 unspecified atom stereocenters. The Labute approximate surface area is 76.6 Å². The molecule has 14 heavy (non-hydrogen) atoms. The van der Waals surface area contributed by atoms with Gasteiger partial charge in [0.25, 0.3) is 5.71 Å². The molecule has 0 atom stereocenters. The molecule has 0 radical (unpaired) electrons. The van der Waals surface area contributed by atoms with Crippen molar-refractivity contribution < 1.29 is 4.42 Å². The Bertz CT molecular complexity index is 669. The normalized spacial score (nSPS) is 11.1. The molecule has 68 valence electrons. The van der Waals surface area contributed by atoms with Gasteiger partial charge in [-0.05, 0) is 6.07 Å². The van der Waals surface area contributed by atoms with Gasteiger partial charge in [0.15, 0.2) is 0 Å². The van der Waals surface area contributed by atoms with Gasteiger partial charge < -0.3 is 4.42 Å². The van der Waals surface area contributed by atoms with Crippen LogP contribution in [0.5, 0.6) is 0 Å². The van der Waals surface area contributed by atoms with Gasteiger partial charge >= 0.3 is 0 Å². The van der Waals surface area contributed by atoms with Gasteiger partial charge in [0.05, 0.1) is 17.8 Å². The minimum atomic E-state index is -0.148. The van der Waals surface area contributed by atoms with Crippen LogP contribution in [0.1, 0.15) is 0 Å². The fourth-order valence-electron chi connectivity index (χ4n) is 1.32. The zero-order valence-electron chi connectivity index (χ0n) is 6.89. The molecule has 3 aromatic rings. The summed E-state index contributed by atoms with van der Waals surface area (Å²) in [5.74, 6) is 0. The number of hydrogen-bond acceptors (Lipinski definition) is 5. The van der Waals surface area contributed by atoms with E-state index in [4.69, 9.17) is 4.42 Å². The van der Waals surface area contributed by atoms with Crippen molar-refractivity contribution in [3.05, 3.63) is 28.7 Å². The Morgan fingerprint density at radius 1 is 1.36 bits per heavy atom. The molecule has 6 heteroatoms. The third kappa shape index (κ3) is 0.792. The SMILES string of the molecule is O=c1c2ccnnc2oc2[nH]ncc12. The van der Waals surface area contributed by atoms with Gasteiger partial charge in [-0.3, -0.25) is 4.79 Å². The summed E-state index contributed by atoms with van der Waals surface area (Å²) in [5, 5.41) is 14.5. The molecule has 6 nitrogen and oxygen atoms in total. The van der Waals surface area contributed by atoms with E-state index in [9.17, 15) is 4.79 Å². The number of fused-ring (bicyclic) bond motifs is 2. The molecule has 0 bridgehead atoms. The van der Waals surface area contributed by atoms with Crippen LogP contribution in [0.15, 0.2) is 27.7 Å². The molecular formula is C8H4N4O2. The van der Waals surface area contributed by atoms with Gasteiger partial charge in [0, 0.05) is 0 Å². The first-order chi connectivity index (χ1) is 6.86. The summed E-state index contributed by atoms with van der Waals surface area (Å²) in [5.41, 5.74) is 0.391. The Morgan fingerprint density at radius 2 is 2.29 bits per heavy atom. The Balaban J connectivity index is 2.70. The lowest BCUT2D eigenvalue weighted by Crippen LogP contribution is -2.01. The summed E-state index contributed by atoms with van der Waals surface area (Å²) < 4.78 is 5.28.